The monoisotopic (exact) mass is 190 g/mol. The molecule has 3 heteroatoms. The van der Waals surface area contributed by atoms with Crippen molar-refractivity contribution in [1.82, 2.24) is 0 Å². The average molecular weight is 191 g/mol. The van der Waals surface area contributed by atoms with Gasteiger partial charge in [0.2, 0.25) is 0 Å². The molecule has 0 aliphatic rings. The molecule has 0 aromatic heterocycles. The summed E-state index contributed by atoms with van der Waals surface area (Å²) in [5, 5.41) is 1.38. The molecule has 54 valence electrons. The average Bonchev–Trinajstić information content (AvgIpc) is 1.95. The molecule has 0 bridgehead atoms. The molecular weight excluding hydrogens is 183 g/mol. The second kappa shape index (κ2) is 3.42. The molecule has 0 atom stereocenters. The predicted octanol–water partition coefficient (Wildman–Crippen LogP) is 1.86. The SMILES string of the molecule is [SiH3]Cc1cccc(Cl)c1Cl. The van der Waals surface area contributed by atoms with Crippen molar-refractivity contribution in [2.24, 2.45) is 0 Å². The molecule has 10 heavy (non-hydrogen) atoms. The van der Waals surface area contributed by atoms with Gasteiger partial charge in [-0.2, -0.15) is 0 Å². The van der Waals surface area contributed by atoms with Gasteiger partial charge in [-0.1, -0.05) is 35.3 Å². The molecule has 1 aromatic carbocycles. The number of rotatable bonds is 1. The van der Waals surface area contributed by atoms with Gasteiger partial charge >= 0.3 is 0 Å². The minimum Gasteiger partial charge on any atom is -0.0827 e. The van der Waals surface area contributed by atoms with Crippen molar-refractivity contribution < 1.29 is 0 Å². The first-order valence-corrected chi connectivity index (χ1v) is 5.35. The van der Waals surface area contributed by atoms with E-state index in [1.807, 2.05) is 18.2 Å². The van der Waals surface area contributed by atoms with Gasteiger partial charge in [-0.05, 0) is 17.7 Å². The zero-order valence-corrected chi connectivity index (χ0v) is 9.21. The molecule has 0 unspecified atom stereocenters. The van der Waals surface area contributed by atoms with Gasteiger partial charge in [0, 0.05) is 10.2 Å². The van der Waals surface area contributed by atoms with Gasteiger partial charge in [0.05, 0.1) is 10.0 Å². The fraction of sp³-hybridized carbons (Fsp3) is 0.143. The summed E-state index contributed by atoms with van der Waals surface area (Å²) in [5.41, 5.74) is 1.17. The second-order valence-electron chi connectivity index (χ2n) is 2.07. The van der Waals surface area contributed by atoms with E-state index >= 15 is 0 Å². The summed E-state index contributed by atoms with van der Waals surface area (Å²) < 4.78 is 0. The summed E-state index contributed by atoms with van der Waals surface area (Å²) in [6.07, 6.45) is 0. The van der Waals surface area contributed by atoms with Gasteiger partial charge in [-0.25, -0.2) is 0 Å². The third-order valence-corrected chi connectivity index (χ3v) is 3.03. The Kier molecular flexibility index (Phi) is 2.78. The minimum absolute atomic E-state index is 0.662. The number of hydrogen-bond acceptors (Lipinski definition) is 0. The lowest BCUT2D eigenvalue weighted by Crippen LogP contribution is -1.84. The first-order chi connectivity index (χ1) is 4.75. The van der Waals surface area contributed by atoms with Crippen LogP contribution >= 0.6 is 23.2 Å². The number of benzene rings is 1. The topological polar surface area (TPSA) is 0 Å². The van der Waals surface area contributed by atoms with Gasteiger partial charge in [0.25, 0.3) is 0 Å². The van der Waals surface area contributed by atoms with Gasteiger partial charge < -0.3 is 0 Å². The minimum atomic E-state index is 0.662. The van der Waals surface area contributed by atoms with Crippen molar-refractivity contribution in [1.29, 1.82) is 0 Å². The third-order valence-electron chi connectivity index (χ3n) is 1.41. The van der Waals surface area contributed by atoms with Crippen LogP contribution < -0.4 is 0 Å². The molecule has 0 N–H and O–H groups in total. The van der Waals surface area contributed by atoms with E-state index in [9.17, 15) is 0 Å². The Morgan fingerprint density at radius 2 is 2.00 bits per heavy atom. The molecule has 0 saturated heterocycles. The van der Waals surface area contributed by atoms with Crippen LogP contribution in [0.15, 0.2) is 18.2 Å². The highest BCUT2D eigenvalue weighted by Gasteiger charge is 1.99. The van der Waals surface area contributed by atoms with Crippen molar-refractivity contribution in [2.75, 3.05) is 0 Å². The third kappa shape index (κ3) is 1.54. The molecule has 0 amide bonds. The fourth-order valence-corrected chi connectivity index (χ4v) is 2.09. The summed E-state index contributed by atoms with van der Waals surface area (Å²) >= 11 is 11.7. The zero-order chi connectivity index (χ0) is 7.56. The Hall–Kier alpha value is 0.0169. The van der Waals surface area contributed by atoms with Gasteiger partial charge in [0.1, 0.15) is 0 Å². The van der Waals surface area contributed by atoms with Gasteiger partial charge in [-0.3, -0.25) is 0 Å². The molecule has 0 aliphatic carbocycles. The van der Waals surface area contributed by atoms with E-state index in [2.05, 4.69) is 0 Å². The molecule has 1 rings (SSSR count). The molecule has 0 radical (unpaired) electrons. The highest BCUT2D eigenvalue weighted by atomic mass is 35.5. The number of halogens is 2. The van der Waals surface area contributed by atoms with E-state index in [0.29, 0.717) is 5.02 Å². The summed E-state index contributed by atoms with van der Waals surface area (Å²) in [5.74, 6) is 0. The lowest BCUT2D eigenvalue weighted by molar-refractivity contribution is 1.40. The van der Waals surface area contributed by atoms with Gasteiger partial charge in [-0.15, -0.1) is 0 Å². The van der Waals surface area contributed by atoms with E-state index in [-0.39, 0.29) is 0 Å². The van der Waals surface area contributed by atoms with Crippen molar-refractivity contribution >= 4 is 33.4 Å². The van der Waals surface area contributed by atoms with Crippen LogP contribution in [0.3, 0.4) is 0 Å². The van der Waals surface area contributed by atoms with E-state index in [1.54, 1.807) is 0 Å². The highest BCUT2D eigenvalue weighted by Crippen LogP contribution is 2.24. The fourth-order valence-electron chi connectivity index (χ4n) is 0.822. The lowest BCUT2D eigenvalue weighted by atomic mass is 10.2. The Balaban J connectivity index is 3.14. The maximum Gasteiger partial charge on any atom is 0.0621 e. The van der Waals surface area contributed by atoms with Crippen LogP contribution in [0, 0.1) is 0 Å². The molecule has 0 saturated carbocycles. The lowest BCUT2D eigenvalue weighted by Gasteiger charge is -2.00. The Morgan fingerprint density at radius 3 is 2.50 bits per heavy atom. The highest BCUT2D eigenvalue weighted by molar-refractivity contribution is 6.42. The summed E-state index contributed by atoms with van der Waals surface area (Å²) in [4.78, 5) is 0. The molecule has 0 heterocycles. The molecular formula is C7H8Cl2Si. The maximum atomic E-state index is 5.88. The van der Waals surface area contributed by atoms with Crippen molar-refractivity contribution in [3.8, 4) is 0 Å². The van der Waals surface area contributed by atoms with E-state index in [4.69, 9.17) is 23.2 Å². The van der Waals surface area contributed by atoms with Crippen molar-refractivity contribution in [3.05, 3.63) is 33.8 Å². The molecule has 0 aliphatic heterocycles. The van der Waals surface area contributed by atoms with Crippen LogP contribution in [0.5, 0.6) is 0 Å². The second-order valence-corrected chi connectivity index (χ2v) is 3.56. The van der Waals surface area contributed by atoms with Crippen LogP contribution in [0.25, 0.3) is 0 Å². The van der Waals surface area contributed by atoms with Crippen LogP contribution in [0.2, 0.25) is 10.0 Å². The standard InChI is InChI=1S/C7H8Cl2Si/c8-6-3-1-2-5(4-10)7(6)9/h1-3H,4H2,10H3. The molecule has 0 spiro atoms. The van der Waals surface area contributed by atoms with Crippen LogP contribution in [0.1, 0.15) is 5.56 Å². The van der Waals surface area contributed by atoms with Crippen LogP contribution in [-0.2, 0) is 6.04 Å². The summed E-state index contributed by atoms with van der Waals surface area (Å²) in [6, 6.07) is 6.83. The largest absolute Gasteiger partial charge is 0.0827 e. The quantitative estimate of drug-likeness (QED) is 0.594. The zero-order valence-electron chi connectivity index (χ0n) is 5.70. The van der Waals surface area contributed by atoms with Crippen molar-refractivity contribution in [2.45, 2.75) is 6.04 Å². The van der Waals surface area contributed by atoms with E-state index in [1.165, 1.54) is 5.56 Å². The van der Waals surface area contributed by atoms with Gasteiger partial charge in [0.15, 0.2) is 0 Å². The molecule has 0 fully saturated rings. The van der Waals surface area contributed by atoms with E-state index in [0.717, 1.165) is 21.3 Å². The van der Waals surface area contributed by atoms with E-state index < -0.39 is 0 Å². The first-order valence-electron chi connectivity index (χ1n) is 3.18. The normalized spacial score (nSPS) is 10.2. The Labute approximate surface area is 73.6 Å². The van der Waals surface area contributed by atoms with Crippen molar-refractivity contribution in [3.63, 3.8) is 0 Å². The maximum absolute atomic E-state index is 5.88. The Bertz CT molecular complexity index is 235. The predicted molar refractivity (Wildman–Crippen MR) is 50.1 cm³/mol. The molecule has 0 nitrogen and oxygen atoms in total. The summed E-state index contributed by atoms with van der Waals surface area (Å²) in [7, 11) is 1.13. The first kappa shape index (κ1) is 8.12. The number of hydrogen-bond donors (Lipinski definition) is 0. The van der Waals surface area contributed by atoms with Crippen LogP contribution in [0.4, 0.5) is 0 Å². The molecule has 1 aromatic rings. The summed E-state index contributed by atoms with van der Waals surface area (Å²) in [6.45, 7) is 0. The Morgan fingerprint density at radius 1 is 1.30 bits per heavy atom. The smallest absolute Gasteiger partial charge is 0.0621 e. The van der Waals surface area contributed by atoms with Crippen LogP contribution in [-0.4, -0.2) is 10.2 Å².